The Balaban J connectivity index is 1.78. The molecule has 2 heteroatoms. The number of nitrogens with one attached hydrogen (secondary N) is 1. The van der Waals surface area contributed by atoms with Crippen molar-refractivity contribution in [3.8, 4) is 0 Å². The fraction of sp³-hybridized carbons (Fsp3) is 0.435. The van der Waals surface area contributed by atoms with Gasteiger partial charge >= 0.3 is 0 Å². The first kappa shape index (κ1) is 17.7. The summed E-state index contributed by atoms with van der Waals surface area (Å²) in [6, 6.07) is 17.2. The molecular formula is C23H29NO. The van der Waals surface area contributed by atoms with Crippen molar-refractivity contribution in [2.24, 2.45) is 0 Å². The van der Waals surface area contributed by atoms with E-state index in [9.17, 15) is 4.79 Å². The fourth-order valence-corrected chi connectivity index (χ4v) is 3.96. The van der Waals surface area contributed by atoms with Crippen LogP contribution >= 0.6 is 0 Å². The van der Waals surface area contributed by atoms with Gasteiger partial charge in [0.15, 0.2) is 0 Å². The Hall–Kier alpha value is -2.09. The second-order valence-electron chi connectivity index (χ2n) is 7.34. The quantitative estimate of drug-likeness (QED) is 0.702. The van der Waals surface area contributed by atoms with Gasteiger partial charge in [-0.05, 0) is 42.4 Å². The number of carbonyl (C=O) groups is 1. The summed E-state index contributed by atoms with van der Waals surface area (Å²) in [6.07, 6.45) is 10.3. The Morgan fingerprint density at radius 1 is 0.840 bits per heavy atom. The first-order valence-corrected chi connectivity index (χ1v) is 9.64. The molecule has 0 saturated heterocycles. The number of rotatable bonds is 5. The van der Waals surface area contributed by atoms with Crippen LogP contribution in [0.4, 0.5) is 0 Å². The molecule has 1 aliphatic carbocycles. The molecule has 0 radical (unpaired) electrons. The number of carbonyl (C=O) groups excluding carboxylic acids is 1. The van der Waals surface area contributed by atoms with Crippen molar-refractivity contribution >= 4 is 6.41 Å². The molecule has 1 atom stereocenters. The lowest BCUT2D eigenvalue weighted by molar-refractivity contribution is -0.110. The molecule has 2 aromatic rings. The molecule has 2 aromatic carbocycles. The maximum atomic E-state index is 11.1. The minimum Gasteiger partial charge on any atom is -0.348 e. The maximum absolute atomic E-state index is 11.1. The summed E-state index contributed by atoms with van der Waals surface area (Å²) in [7, 11) is 0. The minimum atomic E-state index is -0.0792. The van der Waals surface area contributed by atoms with Crippen molar-refractivity contribution < 1.29 is 4.79 Å². The molecule has 1 amide bonds. The van der Waals surface area contributed by atoms with E-state index in [0.717, 1.165) is 17.5 Å². The van der Waals surface area contributed by atoms with E-state index in [4.69, 9.17) is 0 Å². The molecule has 132 valence electrons. The van der Waals surface area contributed by atoms with Crippen LogP contribution in [0.15, 0.2) is 48.5 Å². The second kappa shape index (κ2) is 8.84. The zero-order valence-corrected chi connectivity index (χ0v) is 15.2. The van der Waals surface area contributed by atoms with Crippen LogP contribution in [-0.2, 0) is 4.79 Å². The van der Waals surface area contributed by atoms with Gasteiger partial charge in [0.2, 0.25) is 6.41 Å². The highest BCUT2D eigenvalue weighted by Gasteiger charge is 2.16. The summed E-state index contributed by atoms with van der Waals surface area (Å²) in [6.45, 7) is 2.08. The van der Waals surface area contributed by atoms with Crippen molar-refractivity contribution in [1.82, 2.24) is 5.32 Å². The van der Waals surface area contributed by atoms with Crippen molar-refractivity contribution in [3.05, 3.63) is 70.8 Å². The molecular weight excluding hydrogens is 306 g/mol. The van der Waals surface area contributed by atoms with Crippen LogP contribution in [0.1, 0.15) is 79.2 Å². The van der Waals surface area contributed by atoms with Crippen LogP contribution in [0.25, 0.3) is 0 Å². The molecule has 1 aliphatic rings. The van der Waals surface area contributed by atoms with Gasteiger partial charge in [-0.15, -0.1) is 0 Å². The van der Waals surface area contributed by atoms with Crippen molar-refractivity contribution in [2.75, 3.05) is 0 Å². The van der Waals surface area contributed by atoms with E-state index in [1.807, 2.05) is 0 Å². The molecule has 0 heterocycles. The zero-order chi connectivity index (χ0) is 17.5. The zero-order valence-electron chi connectivity index (χ0n) is 15.2. The monoisotopic (exact) mass is 335 g/mol. The molecule has 1 fully saturated rings. The molecule has 0 aliphatic heterocycles. The van der Waals surface area contributed by atoms with Crippen LogP contribution in [0.3, 0.4) is 0 Å². The SMILES string of the molecule is Cc1ccc(C(NC=O)c2ccc(C3CCCCCCC3)cc2)cc1. The Bertz CT molecular complexity index is 651. The lowest BCUT2D eigenvalue weighted by atomic mass is 9.85. The summed E-state index contributed by atoms with van der Waals surface area (Å²) >= 11 is 0. The summed E-state index contributed by atoms with van der Waals surface area (Å²) < 4.78 is 0. The van der Waals surface area contributed by atoms with Crippen molar-refractivity contribution in [3.63, 3.8) is 0 Å². The predicted octanol–water partition coefficient (Wildman–Crippen LogP) is 5.66. The normalized spacial score (nSPS) is 17.3. The van der Waals surface area contributed by atoms with Gasteiger partial charge < -0.3 is 5.32 Å². The fourth-order valence-electron chi connectivity index (χ4n) is 3.96. The predicted molar refractivity (Wildman–Crippen MR) is 104 cm³/mol. The molecule has 0 spiro atoms. The van der Waals surface area contributed by atoms with E-state index in [-0.39, 0.29) is 6.04 Å². The van der Waals surface area contributed by atoms with Gasteiger partial charge in [0, 0.05) is 0 Å². The Morgan fingerprint density at radius 3 is 1.92 bits per heavy atom. The van der Waals surface area contributed by atoms with Crippen LogP contribution < -0.4 is 5.32 Å². The standard InChI is InChI=1S/C23H29NO/c1-18-9-11-21(12-10-18)23(24-17-25)22-15-13-20(14-16-22)19-7-5-3-2-4-6-8-19/h9-17,19,23H,2-8H2,1H3,(H,24,25). The van der Waals surface area contributed by atoms with Crippen molar-refractivity contribution in [1.29, 1.82) is 0 Å². The smallest absolute Gasteiger partial charge is 0.207 e. The van der Waals surface area contributed by atoms with Gasteiger partial charge in [0.05, 0.1) is 6.04 Å². The van der Waals surface area contributed by atoms with Crippen LogP contribution in [0, 0.1) is 6.92 Å². The number of benzene rings is 2. The number of hydrogen-bond acceptors (Lipinski definition) is 1. The third-order valence-electron chi connectivity index (χ3n) is 5.49. The van der Waals surface area contributed by atoms with Crippen LogP contribution in [0.2, 0.25) is 0 Å². The third-order valence-corrected chi connectivity index (χ3v) is 5.49. The van der Waals surface area contributed by atoms with Gasteiger partial charge in [-0.25, -0.2) is 0 Å². The summed E-state index contributed by atoms with van der Waals surface area (Å²) in [5.74, 6) is 0.700. The number of hydrogen-bond donors (Lipinski definition) is 1. The first-order valence-electron chi connectivity index (χ1n) is 9.64. The van der Waals surface area contributed by atoms with E-state index in [1.165, 1.54) is 56.1 Å². The van der Waals surface area contributed by atoms with E-state index >= 15 is 0 Å². The van der Waals surface area contributed by atoms with Gasteiger partial charge in [0.1, 0.15) is 0 Å². The summed E-state index contributed by atoms with van der Waals surface area (Å²) in [5, 5.41) is 2.97. The Morgan fingerprint density at radius 2 is 1.36 bits per heavy atom. The molecule has 0 aromatic heterocycles. The molecule has 2 nitrogen and oxygen atoms in total. The van der Waals surface area contributed by atoms with Gasteiger partial charge in [0.25, 0.3) is 0 Å². The van der Waals surface area contributed by atoms with Gasteiger partial charge in [-0.2, -0.15) is 0 Å². The topological polar surface area (TPSA) is 29.1 Å². The minimum absolute atomic E-state index is 0.0792. The second-order valence-corrected chi connectivity index (χ2v) is 7.34. The lowest BCUT2D eigenvalue weighted by Gasteiger charge is -2.22. The molecule has 1 unspecified atom stereocenters. The van der Waals surface area contributed by atoms with Crippen LogP contribution in [0.5, 0.6) is 0 Å². The maximum Gasteiger partial charge on any atom is 0.207 e. The Kier molecular flexibility index (Phi) is 6.27. The van der Waals surface area contributed by atoms with E-state index in [1.54, 1.807) is 0 Å². The third kappa shape index (κ3) is 4.72. The molecule has 3 rings (SSSR count). The highest BCUT2D eigenvalue weighted by molar-refractivity contribution is 5.50. The van der Waals surface area contributed by atoms with E-state index in [0.29, 0.717) is 5.92 Å². The van der Waals surface area contributed by atoms with Crippen LogP contribution in [-0.4, -0.2) is 6.41 Å². The lowest BCUT2D eigenvalue weighted by Crippen LogP contribution is -2.20. The largest absolute Gasteiger partial charge is 0.348 e. The van der Waals surface area contributed by atoms with Gasteiger partial charge in [-0.3, -0.25) is 4.79 Å². The summed E-state index contributed by atoms with van der Waals surface area (Å²) in [4.78, 5) is 11.1. The highest BCUT2D eigenvalue weighted by atomic mass is 16.1. The average molecular weight is 335 g/mol. The molecule has 1 N–H and O–H groups in total. The first-order chi connectivity index (χ1) is 12.3. The molecule has 25 heavy (non-hydrogen) atoms. The van der Waals surface area contributed by atoms with E-state index in [2.05, 4.69) is 60.8 Å². The number of amides is 1. The van der Waals surface area contributed by atoms with Gasteiger partial charge in [-0.1, -0.05) is 86.2 Å². The molecule has 0 bridgehead atoms. The van der Waals surface area contributed by atoms with Crippen molar-refractivity contribution in [2.45, 2.75) is 63.8 Å². The molecule has 1 saturated carbocycles. The number of aryl methyl sites for hydroxylation is 1. The average Bonchev–Trinajstić information content (AvgIpc) is 2.61. The van der Waals surface area contributed by atoms with E-state index < -0.39 is 0 Å². The summed E-state index contributed by atoms with van der Waals surface area (Å²) in [5.41, 5.74) is 4.95. The highest BCUT2D eigenvalue weighted by Crippen LogP contribution is 2.32. The Labute approximate surface area is 151 Å².